The summed E-state index contributed by atoms with van der Waals surface area (Å²) in [6, 6.07) is 0.801. The molecule has 0 heterocycles. The lowest BCUT2D eigenvalue weighted by molar-refractivity contribution is -0.142. The molecule has 4 nitrogen and oxygen atoms in total. The molecule has 0 spiro atoms. The van der Waals surface area contributed by atoms with E-state index in [2.05, 4.69) is 5.32 Å². The number of nitrogens with one attached hydrogen (secondary N) is 1. The summed E-state index contributed by atoms with van der Waals surface area (Å²) >= 11 is 0. The van der Waals surface area contributed by atoms with E-state index in [4.69, 9.17) is 10.5 Å². The maximum Gasteiger partial charge on any atom is 0.319 e. The summed E-state index contributed by atoms with van der Waals surface area (Å²) in [5, 5.41) is 3.20. The van der Waals surface area contributed by atoms with E-state index >= 15 is 0 Å². The lowest BCUT2D eigenvalue weighted by atomic mass is 9.92. The van der Waals surface area contributed by atoms with Crippen molar-refractivity contribution in [1.82, 2.24) is 5.32 Å². The smallest absolute Gasteiger partial charge is 0.319 e. The van der Waals surface area contributed by atoms with Gasteiger partial charge in [-0.3, -0.25) is 4.79 Å². The van der Waals surface area contributed by atoms with Gasteiger partial charge < -0.3 is 15.8 Å². The van der Waals surface area contributed by atoms with Gasteiger partial charge in [-0.1, -0.05) is 0 Å². The van der Waals surface area contributed by atoms with E-state index in [0.29, 0.717) is 25.2 Å². The zero-order valence-electron chi connectivity index (χ0n) is 8.79. The molecule has 0 atom stereocenters. The Hall–Kier alpha value is -0.610. The summed E-state index contributed by atoms with van der Waals surface area (Å²) in [5.41, 5.74) is 5.78. The lowest BCUT2D eigenvalue weighted by Crippen LogP contribution is -2.40. The molecule has 0 aromatic heterocycles. The highest BCUT2D eigenvalue weighted by Gasteiger charge is 2.18. The molecule has 0 unspecified atom stereocenters. The first-order valence-corrected chi connectivity index (χ1v) is 5.37. The Labute approximate surface area is 85.2 Å². The monoisotopic (exact) mass is 200 g/mol. The highest BCUT2D eigenvalue weighted by Crippen LogP contribution is 2.16. The van der Waals surface area contributed by atoms with Crippen molar-refractivity contribution in [2.75, 3.05) is 13.2 Å². The summed E-state index contributed by atoms with van der Waals surface area (Å²) in [7, 11) is 0. The van der Waals surface area contributed by atoms with E-state index in [9.17, 15) is 4.79 Å². The molecule has 1 saturated carbocycles. The van der Waals surface area contributed by atoms with Crippen LogP contribution in [-0.4, -0.2) is 31.2 Å². The quantitative estimate of drug-likeness (QED) is 0.645. The summed E-state index contributed by atoms with van der Waals surface area (Å²) in [4.78, 5) is 11.0. The number of hydrogen-bond donors (Lipinski definition) is 2. The van der Waals surface area contributed by atoms with Crippen LogP contribution in [0.15, 0.2) is 0 Å². The molecular weight excluding hydrogens is 180 g/mol. The molecule has 0 saturated heterocycles. The van der Waals surface area contributed by atoms with Gasteiger partial charge in [0.2, 0.25) is 0 Å². The zero-order valence-corrected chi connectivity index (χ0v) is 8.79. The Morgan fingerprint density at radius 3 is 2.64 bits per heavy atom. The summed E-state index contributed by atoms with van der Waals surface area (Å²) < 4.78 is 4.83. The van der Waals surface area contributed by atoms with Crippen molar-refractivity contribution in [2.45, 2.75) is 44.7 Å². The maximum absolute atomic E-state index is 11.0. The van der Waals surface area contributed by atoms with Crippen LogP contribution < -0.4 is 11.1 Å². The second kappa shape index (κ2) is 5.98. The fraction of sp³-hybridized carbons (Fsp3) is 0.900. The predicted octanol–water partition coefficient (Wildman–Crippen LogP) is 0.409. The molecule has 82 valence electrons. The van der Waals surface area contributed by atoms with E-state index in [1.54, 1.807) is 0 Å². The fourth-order valence-corrected chi connectivity index (χ4v) is 1.76. The average Bonchev–Trinajstić information content (AvgIpc) is 2.17. The predicted molar refractivity (Wildman–Crippen MR) is 54.9 cm³/mol. The van der Waals surface area contributed by atoms with Crippen LogP contribution in [0.5, 0.6) is 0 Å². The van der Waals surface area contributed by atoms with E-state index in [-0.39, 0.29) is 5.97 Å². The normalized spacial score (nSPS) is 27.3. The van der Waals surface area contributed by atoms with Gasteiger partial charge in [0, 0.05) is 12.1 Å². The number of esters is 1. The van der Waals surface area contributed by atoms with Crippen LogP contribution >= 0.6 is 0 Å². The highest BCUT2D eigenvalue weighted by atomic mass is 16.5. The molecule has 0 radical (unpaired) electrons. The first-order chi connectivity index (χ1) is 6.72. The van der Waals surface area contributed by atoms with Crippen molar-refractivity contribution in [3.05, 3.63) is 0 Å². The number of rotatable bonds is 4. The lowest BCUT2D eigenvalue weighted by Gasteiger charge is -2.26. The van der Waals surface area contributed by atoms with Crippen molar-refractivity contribution in [3.8, 4) is 0 Å². The Morgan fingerprint density at radius 1 is 1.43 bits per heavy atom. The number of carbonyl (C=O) groups is 1. The standard InChI is InChI=1S/C10H20N2O2/c1-2-14-10(13)7-12-9-5-3-8(11)4-6-9/h8-9,12H,2-7,11H2,1H3. The van der Waals surface area contributed by atoms with Crippen LogP contribution in [0, 0.1) is 0 Å². The van der Waals surface area contributed by atoms with Crippen molar-refractivity contribution < 1.29 is 9.53 Å². The molecule has 1 fully saturated rings. The molecule has 0 aromatic rings. The minimum absolute atomic E-state index is 0.164. The van der Waals surface area contributed by atoms with Gasteiger partial charge in [0.05, 0.1) is 13.2 Å². The first kappa shape index (κ1) is 11.5. The zero-order chi connectivity index (χ0) is 10.4. The Kier molecular flexibility index (Phi) is 4.90. The molecule has 1 aliphatic carbocycles. The number of hydrogen-bond acceptors (Lipinski definition) is 4. The van der Waals surface area contributed by atoms with E-state index in [1.807, 2.05) is 6.92 Å². The van der Waals surface area contributed by atoms with Crippen LogP contribution in [0.4, 0.5) is 0 Å². The molecule has 0 aliphatic heterocycles. The van der Waals surface area contributed by atoms with Gasteiger partial charge in [-0.05, 0) is 32.6 Å². The van der Waals surface area contributed by atoms with Crippen LogP contribution in [0.2, 0.25) is 0 Å². The van der Waals surface area contributed by atoms with Crippen LogP contribution in [0.25, 0.3) is 0 Å². The van der Waals surface area contributed by atoms with Gasteiger partial charge in [0.15, 0.2) is 0 Å². The minimum atomic E-state index is -0.164. The Bertz CT molecular complexity index is 177. The molecule has 14 heavy (non-hydrogen) atoms. The number of nitrogens with two attached hydrogens (primary N) is 1. The van der Waals surface area contributed by atoms with Gasteiger partial charge in [-0.15, -0.1) is 0 Å². The summed E-state index contributed by atoms with van der Waals surface area (Å²) in [6.07, 6.45) is 4.25. The van der Waals surface area contributed by atoms with Crippen LogP contribution in [0.3, 0.4) is 0 Å². The second-order valence-corrected chi connectivity index (χ2v) is 3.80. The minimum Gasteiger partial charge on any atom is -0.465 e. The number of carbonyl (C=O) groups excluding carboxylic acids is 1. The van der Waals surface area contributed by atoms with Crippen LogP contribution in [-0.2, 0) is 9.53 Å². The third-order valence-corrected chi connectivity index (χ3v) is 2.61. The largest absolute Gasteiger partial charge is 0.465 e. The van der Waals surface area contributed by atoms with Gasteiger partial charge >= 0.3 is 5.97 Å². The summed E-state index contributed by atoms with van der Waals surface area (Å²) in [6.45, 7) is 2.60. The first-order valence-electron chi connectivity index (χ1n) is 5.37. The van der Waals surface area contributed by atoms with E-state index in [0.717, 1.165) is 25.7 Å². The Morgan fingerprint density at radius 2 is 2.07 bits per heavy atom. The van der Waals surface area contributed by atoms with Gasteiger partial charge in [0.1, 0.15) is 0 Å². The topological polar surface area (TPSA) is 64.3 Å². The van der Waals surface area contributed by atoms with Crippen LogP contribution in [0.1, 0.15) is 32.6 Å². The van der Waals surface area contributed by atoms with Gasteiger partial charge in [0.25, 0.3) is 0 Å². The molecular formula is C10H20N2O2. The Balaban J connectivity index is 2.09. The van der Waals surface area contributed by atoms with Crippen molar-refractivity contribution in [3.63, 3.8) is 0 Å². The molecule has 0 amide bonds. The van der Waals surface area contributed by atoms with Gasteiger partial charge in [-0.2, -0.15) is 0 Å². The third-order valence-electron chi connectivity index (χ3n) is 2.61. The SMILES string of the molecule is CCOC(=O)CNC1CCC(N)CC1. The fourth-order valence-electron chi connectivity index (χ4n) is 1.76. The molecule has 4 heteroatoms. The van der Waals surface area contributed by atoms with Gasteiger partial charge in [-0.25, -0.2) is 0 Å². The average molecular weight is 200 g/mol. The maximum atomic E-state index is 11.0. The van der Waals surface area contributed by atoms with Crippen molar-refractivity contribution in [2.24, 2.45) is 5.73 Å². The van der Waals surface area contributed by atoms with E-state index in [1.165, 1.54) is 0 Å². The van der Waals surface area contributed by atoms with E-state index < -0.39 is 0 Å². The van der Waals surface area contributed by atoms with Crippen molar-refractivity contribution >= 4 is 5.97 Å². The molecule has 0 bridgehead atoms. The number of ether oxygens (including phenoxy) is 1. The molecule has 1 rings (SSSR count). The molecule has 3 N–H and O–H groups in total. The molecule has 1 aliphatic rings. The van der Waals surface area contributed by atoms with Crippen molar-refractivity contribution in [1.29, 1.82) is 0 Å². The third kappa shape index (κ3) is 4.07. The second-order valence-electron chi connectivity index (χ2n) is 3.80. The summed E-state index contributed by atoms with van der Waals surface area (Å²) in [5.74, 6) is -0.164. The molecule has 0 aromatic carbocycles. The highest BCUT2D eigenvalue weighted by molar-refractivity contribution is 5.71.